The summed E-state index contributed by atoms with van der Waals surface area (Å²) in [5.74, 6) is 0.130. The summed E-state index contributed by atoms with van der Waals surface area (Å²) >= 11 is 0. The van der Waals surface area contributed by atoms with Crippen LogP contribution in [-0.2, 0) is 0 Å². The van der Waals surface area contributed by atoms with Gasteiger partial charge in [-0.05, 0) is 30.0 Å². The van der Waals surface area contributed by atoms with Gasteiger partial charge in [-0.25, -0.2) is 4.39 Å². The van der Waals surface area contributed by atoms with Gasteiger partial charge in [0.2, 0.25) is 0 Å². The van der Waals surface area contributed by atoms with Gasteiger partial charge >= 0.3 is 0 Å². The van der Waals surface area contributed by atoms with E-state index in [-0.39, 0.29) is 36.4 Å². The molecule has 0 aromatic heterocycles. The third-order valence-electron chi connectivity index (χ3n) is 3.78. The van der Waals surface area contributed by atoms with E-state index in [1.807, 2.05) is 12.1 Å². The van der Waals surface area contributed by atoms with Crippen LogP contribution in [0.1, 0.15) is 37.4 Å². The van der Waals surface area contributed by atoms with Crippen molar-refractivity contribution in [3.8, 4) is 6.07 Å². The van der Waals surface area contributed by atoms with Crippen molar-refractivity contribution in [2.75, 3.05) is 26.2 Å². The summed E-state index contributed by atoms with van der Waals surface area (Å²) in [6.07, 6.45) is 1.02. The van der Waals surface area contributed by atoms with Crippen LogP contribution in [0.2, 0.25) is 0 Å². The summed E-state index contributed by atoms with van der Waals surface area (Å²) in [4.78, 5) is 2.44. The molecule has 0 unspecified atom stereocenters. The summed E-state index contributed by atoms with van der Waals surface area (Å²) in [6, 6.07) is 7.17. The number of piperazine rings is 1. The maximum Gasteiger partial charge on any atom is 0.140 e. The van der Waals surface area contributed by atoms with E-state index in [9.17, 15) is 4.39 Å². The van der Waals surface area contributed by atoms with Crippen molar-refractivity contribution in [1.82, 2.24) is 10.2 Å². The number of hydrogen-bond donors (Lipinski definition) is 1. The van der Waals surface area contributed by atoms with Gasteiger partial charge in [0.1, 0.15) is 11.9 Å². The fourth-order valence-corrected chi connectivity index (χ4v) is 2.77. The third kappa shape index (κ3) is 5.40. The van der Waals surface area contributed by atoms with Crippen molar-refractivity contribution in [2.45, 2.75) is 26.3 Å². The minimum atomic E-state index is -0.431. The Bertz CT molecular complexity index is 497. The molecule has 6 heteroatoms. The fraction of sp³-hybridized carbons (Fsp3) is 0.562. The van der Waals surface area contributed by atoms with Gasteiger partial charge in [0, 0.05) is 32.2 Å². The molecule has 1 aromatic carbocycles. The zero-order chi connectivity index (χ0) is 14.5. The van der Waals surface area contributed by atoms with Crippen molar-refractivity contribution >= 4 is 24.8 Å². The predicted octanol–water partition coefficient (Wildman–Crippen LogP) is 3.53. The molecule has 124 valence electrons. The Morgan fingerprint density at radius 3 is 2.45 bits per heavy atom. The summed E-state index contributed by atoms with van der Waals surface area (Å²) in [7, 11) is 0. The van der Waals surface area contributed by atoms with Gasteiger partial charge in [0.25, 0.3) is 0 Å². The van der Waals surface area contributed by atoms with Gasteiger partial charge in [0.15, 0.2) is 0 Å². The van der Waals surface area contributed by atoms with Gasteiger partial charge < -0.3 is 5.32 Å². The average molecular weight is 348 g/mol. The molecule has 1 aromatic rings. The summed E-state index contributed by atoms with van der Waals surface area (Å²) in [6.45, 7) is 8.36. The van der Waals surface area contributed by atoms with Crippen molar-refractivity contribution in [1.29, 1.82) is 5.26 Å². The second kappa shape index (κ2) is 10.0. The highest BCUT2D eigenvalue weighted by molar-refractivity contribution is 5.85. The zero-order valence-electron chi connectivity index (χ0n) is 13.0. The maximum absolute atomic E-state index is 13.5. The molecule has 0 amide bonds. The molecular weight excluding hydrogens is 324 g/mol. The average Bonchev–Trinajstić information content (AvgIpc) is 2.46. The molecule has 0 saturated carbocycles. The molecular formula is C16H24Cl2FN3. The van der Waals surface area contributed by atoms with Crippen LogP contribution in [0.25, 0.3) is 0 Å². The third-order valence-corrected chi connectivity index (χ3v) is 3.78. The Balaban J connectivity index is 0.00000220. The van der Waals surface area contributed by atoms with Crippen LogP contribution in [-0.4, -0.2) is 31.1 Å². The van der Waals surface area contributed by atoms with Crippen molar-refractivity contribution in [2.24, 2.45) is 5.92 Å². The normalized spacial score (nSPS) is 16.3. The molecule has 1 atom stereocenters. The second-order valence-corrected chi connectivity index (χ2v) is 5.78. The lowest BCUT2D eigenvalue weighted by atomic mass is 9.94. The maximum atomic E-state index is 13.5. The molecule has 1 fully saturated rings. The molecule has 1 heterocycles. The van der Waals surface area contributed by atoms with Gasteiger partial charge in [-0.2, -0.15) is 5.26 Å². The summed E-state index contributed by atoms with van der Waals surface area (Å²) in [5.41, 5.74) is 1.20. The Kier molecular flexibility index (Phi) is 9.63. The number of hydrogen-bond acceptors (Lipinski definition) is 3. The van der Waals surface area contributed by atoms with Crippen molar-refractivity contribution in [3.63, 3.8) is 0 Å². The first-order valence-electron chi connectivity index (χ1n) is 7.26. The molecule has 0 aliphatic carbocycles. The molecule has 1 aliphatic heterocycles. The highest BCUT2D eigenvalue weighted by Crippen LogP contribution is 2.29. The van der Waals surface area contributed by atoms with Crippen LogP contribution in [0, 0.1) is 23.1 Å². The van der Waals surface area contributed by atoms with E-state index in [1.54, 1.807) is 6.07 Å². The van der Waals surface area contributed by atoms with Crippen LogP contribution in [0.4, 0.5) is 4.39 Å². The SMILES string of the molecule is CC(C)C[C@H](c1ccc(F)c(C#N)c1)N1CCNCC1.Cl.Cl. The molecule has 0 spiro atoms. The van der Waals surface area contributed by atoms with E-state index in [2.05, 4.69) is 24.1 Å². The van der Waals surface area contributed by atoms with E-state index >= 15 is 0 Å². The molecule has 1 N–H and O–H groups in total. The highest BCUT2D eigenvalue weighted by atomic mass is 35.5. The van der Waals surface area contributed by atoms with Gasteiger partial charge in [-0.1, -0.05) is 19.9 Å². The molecule has 2 rings (SSSR count). The van der Waals surface area contributed by atoms with E-state index in [0.717, 1.165) is 38.2 Å². The monoisotopic (exact) mass is 347 g/mol. The van der Waals surface area contributed by atoms with E-state index in [0.29, 0.717) is 5.92 Å². The van der Waals surface area contributed by atoms with Crippen LogP contribution in [0.5, 0.6) is 0 Å². The lowest BCUT2D eigenvalue weighted by molar-refractivity contribution is 0.154. The standard InChI is InChI=1S/C16H22FN3.2ClH/c1-12(2)9-16(20-7-5-19-6-8-20)13-3-4-15(17)14(10-13)11-18;;/h3-4,10,12,16,19H,5-9H2,1-2H3;2*1H/t16-;;/m1../s1. The Morgan fingerprint density at radius 1 is 1.27 bits per heavy atom. The molecule has 0 bridgehead atoms. The topological polar surface area (TPSA) is 39.1 Å². The zero-order valence-corrected chi connectivity index (χ0v) is 14.6. The summed E-state index contributed by atoms with van der Waals surface area (Å²) < 4.78 is 13.5. The van der Waals surface area contributed by atoms with Crippen molar-refractivity contribution < 1.29 is 4.39 Å². The lowest BCUT2D eigenvalue weighted by Crippen LogP contribution is -2.45. The molecule has 1 saturated heterocycles. The fourth-order valence-electron chi connectivity index (χ4n) is 2.77. The Morgan fingerprint density at radius 2 is 1.91 bits per heavy atom. The lowest BCUT2D eigenvalue weighted by Gasteiger charge is -2.36. The molecule has 0 radical (unpaired) electrons. The molecule has 22 heavy (non-hydrogen) atoms. The predicted molar refractivity (Wildman–Crippen MR) is 92.2 cm³/mol. The first kappa shape index (κ1) is 21.1. The Hall–Kier alpha value is -0.860. The Labute approximate surface area is 144 Å². The van der Waals surface area contributed by atoms with Crippen LogP contribution in [0.15, 0.2) is 18.2 Å². The molecule has 1 aliphatic rings. The largest absolute Gasteiger partial charge is 0.314 e. The smallest absolute Gasteiger partial charge is 0.140 e. The first-order chi connectivity index (χ1) is 9.61. The van der Waals surface area contributed by atoms with Crippen LogP contribution in [0.3, 0.4) is 0 Å². The van der Waals surface area contributed by atoms with Crippen molar-refractivity contribution in [3.05, 3.63) is 35.1 Å². The summed E-state index contributed by atoms with van der Waals surface area (Å²) in [5, 5.41) is 12.4. The van der Waals surface area contributed by atoms with E-state index in [4.69, 9.17) is 5.26 Å². The number of nitrogens with zero attached hydrogens (tertiary/aromatic N) is 2. The number of benzene rings is 1. The van der Waals surface area contributed by atoms with E-state index < -0.39 is 5.82 Å². The minimum Gasteiger partial charge on any atom is -0.314 e. The van der Waals surface area contributed by atoms with Gasteiger partial charge in [-0.15, -0.1) is 24.8 Å². The molecule has 3 nitrogen and oxygen atoms in total. The number of halogens is 3. The van der Waals surface area contributed by atoms with E-state index in [1.165, 1.54) is 6.07 Å². The van der Waals surface area contributed by atoms with Gasteiger partial charge in [0.05, 0.1) is 5.56 Å². The second-order valence-electron chi connectivity index (χ2n) is 5.78. The number of rotatable bonds is 4. The highest BCUT2D eigenvalue weighted by Gasteiger charge is 2.23. The number of nitrogens with one attached hydrogen (secondary N) is 1. The van der Waals surface area contributed by atoms with Gasteiger partial charge in [-0.3, -0.25) is 4.90 Å². The van der Waals surface area contributed by atoms with Crippen LogP contribution >= 0.6 is 24.8 Å². The first-order valence-corrected chi connectivity index (χ1v) is 7.26. The minimum absolute atomic E-state index is 0. The van der Waals surface area contributed by atoms with Crippen LogP contribution < -0.4 is 5.32 Å². The quantitative estimate of drug-likeness (QED) is 0.905. The number of nitriles is 1.